The molecule has 1 aromatic heterocycles. The SMILES string of the molecule is CC(C)c1nc(-c2ccc(F)c(Cl)c2)c2c(n1)C(C)CN(Cc1ccccc1)C2. The van der Waals surface area contributed by atoms with Gasteiger partial charge in [0.05, 0.1) is 16.4 Å². The van der Waals surface area contributed by atoms with E-state index >= 15 is 0 Å². The van der Waals surface area contributed by atoms with Crippen molar-refractivity contribution >= 4 is 11.6 Å². The Hall–Kier alpha value is -2.30. The van der Waals surface area contributed by atoms with E-state index in [1.165, 1.54) is 11.6 Å². The van der Waals surface area contributed by atoms with Crippen LogP contribution in [-0.4, -0.2) is 21.4 Å². The minimum Gasteiger partial charge on any atom is -0.294 e. The van der Waals surface area contributed by atoms with Crippen molar-refractivity contribution in [3.63, 3.8) is 0 Å². The third-order valence-corrected chi connectivity index (χ3v) is 5.69. The summed E-state index contributed by atoms with van der Waals surface area (Å²) >= 11 is 6.09. The topological polar surface area (TPSA) is 29.0 Å². The third-order valence-electron chi connectivity index (χ3n) is 5.40. The molecule has 1 aliphatic rings. The average molecular weight is 410 g/mol. The van der Waals surface area contributed by atoms with Crippen molar-refractivity contribution in [1.82, 2.24) is 14.9 Å². The van der Waals surface area contributed by atoms with Crippen molar-refractivity contribution in [3.05, 3.63) is 82.0 Å². The lowest BCUT2D eigenvalue weighted by Gasteiger charge is -2.34. The Morgan fingerprint density at radius 1 is 1.14 bits per heavy atom. The molecule has 4 rings (SSSR count). The number of hydrogen-bond donors (Lipinski definition) is 0. The zero-order valence-electron chi connectivity index (χ0n) is 17.0. The Morgan fingerprint density at radius 2 is 1.90 bits per heavy atom. The van der Waals surface area contributed by atoms with Crippen LogP contribution in [0.15, 0.2) is 48.5 Å². The van der Waals surface area contributed by atoms with E-state index in [1.54, 1.807) is 12.1 Å². The summed E-state index contributed by atoms with van der Waals surface area (Å²) in [5.74, 6) is 0.909. The van der Waals surface area contributed by atoms with Crippen LogP contribution in [0.2, 0.25) is 5.02 Å². The maximum absolute atomic E-state index is 13.8. The molecule has 0 bridgehead atoms. The van der Waals surface area contributed by atoms with E-state index in [0.29, 0.717) is 0 Å². The van der Waals surface area contributed by atoms with Gasteiger partial charge in [-0.15, -0.1) is 0 Å². The molecule has 0 amide bonds. The van der Waals surface area contributed by atoms with Crippen LogP contribution in [0.4, 0.5) is 4.39 Å². The number of nitrogens with zero attached hydrogens (tertiary/aromatic N) is 3. The highest BCUT2D eigenvalue weighted by Gasteiger charge is 2.28. The molecule has 29 heavy (non-hydrogen) atoms. The first-order chi connectivity index (χ1) is 13.9. The Kier molecular flexibility index (Phi) is 5.66. The van der Waals surface area contributed by atoms with Crippen LogP contribution in [0, 0.1) is 5.82 Å². The number of fused-ring (bicyclic) bond motifs is 1. The largest absolute Gasteiger partial charge is 0.294 e. The number of aromatic nitrogens is 2. The molecule has 1 unspecified atom stereocenters. The molecule has 1 aliphatic heterocycles. The van der Waals surface area contributed by atoms with Gasteiger partial charge in [0.15, 0.2) is 0 Å². The van der Waals surface area contributed by atoms with E-state index in [-0.39, 0.29) is 16.9 Å². The monoisotopic (exact) mass is 409 g/mol. The molecule has 3 nitrogen and oxygen atoms in total. The molecule has 2 aromatic carbocycles. The van der Waals surface area contributed by atoms with E-state index in [4.69, 9.17) is 21.6 Å². The van der Waals surface area contributed by atoms with Crippen molar-refractivity contribution in [2.45, 2.75) is 45.7 Å². The smallest absolute Gasteiger partial charge is 0.141 e. The lowest BCUT2D eigenvalue weighted by atomic mass is 9.92. The molecule has 0 fully saturated rings. The quantitative estimate of drug-likeness (QED) is 0.515. The molecule has 0 saturated heterocycles. The van der Waals surface area contributed by atoms with E-state index in [1.807, 2.05) is 6.07 Å². The van der Waals surface area contributed by atoms with E-state index in [9.17, 15) is 4.39 Å². The maximum atomic E-state index is 13.8. The van der Waals surface area contributed by atoms with Crippen LogP contribution in [0.1, 0.15) is 55.3 Å². The van der Waals surface area contributed by atoms with E-state index in [2.05, 4.69) is 49.9 Å². The first-order valence-electron chi connectivity index (χ1n) is 10.0. The van der Waals surface area contributed by atoms with E-state index < -0.39 is 5.82 Å². The summed E-state index contributed by atoms with van der Waals surface area (Å²) in [6.07, 6.45) is 0. The summed E-state index contributed by atoms with van der Waals surface area (Å²) in [6.45, 7) is 8.99. The fourth-order valence-corrected chi connectivity index (χ4v) is 4.13. The predicted octanol–water partition coefficient (Wildman–Crippen LogP) is 6.18. The summed E-state index contributed by atoms with van der Waals surface area (Å²) < 4.78 is 13.8. The van der Waals surface area contributed by atoms with Crippen LogP contribution in [0.3, 0.4) is 0 Å². The van der Waals surface area contributed by atoms with Crippen molar-refractivity contribution in [1.29, 1.82) is 0 Å². The lowest BCUT2D eigenvalue weighted by Crippen LogP contribution is -2.34. The van der Waals surface area contributed by atoms with Gasteiger partial charge in [0.25, 0.3) is 0 Å². The zero-order valence-corrected chi connectivity index (χ0v) is 17.7. The fraction of sp³-hybridized carbons (Fsp3) is 0.333. The number of benzene rings is 2. The molecular formula is C24H25ClFN3. The first kappa shape index (κ1) is 20.0. The average Bonchev–Trinajstić information content (AvgIpc) is 2.70. The molecule has 0 radical (unpaired) electrons. The van der Waals surface area contributed by atoms with Crippen LogP contribution < -0.4 is 0 Å². The zero-order chi connectivity index (χ0) is 20.5. The normalized spacial score (nSPS) is 16.8. The summed E-state index contributed by atoms with van der Waals surface area (Å²) in [7, 11) is 0. The van der Waals surface area contributed by atoms with Gasteiger partial charge in [-0.2, -0.15) is 0 Å². The van der Waals surface area contributed by atoms with Gasteiger partial charge in [-0.1, -0.05) is 62.7 Å². The molecule has 3 aromatic rings. The number of rotatable bonds is 4. The van der Waals surface area contributed by atoms with Gasteiger partial charge in [-0.05, 0) is 23.8 Å². The number of hydrogen-bond acceptors (Lipinski definition) is 3. The minimum atomic E-state index is -0.415. The fourth-order valence-electron chi connectivity index (χ4n) is 3.95. The summed E-state index contributed by atoms with van der Waals surface area (Å²) in [5, 5.41) is 0.117. The minimum absolute atomic E-state index is 0.117. The Balaban J connectivity index is 1.78. The van der Waals surface area contributed by atoms with Crippen molar-refractivity contribution < 1.29 is 4.39 Å². The van der Waals surface area contributed by atoms with Crippen molar-refractivity contribution in [3.8, 4) is 11.3 Å². The van der Waals surface area contributed by atoms with Gasteiger partial charge < -0.3 is 0 Å². The highest BCUT2D eigenvalue weighted by atomic mass is 35.5. The van der Waals surface area contributed by atoms with Gasteiger partial charge in [-0.3, -0.25) is 4.90 Å². The number of halogens is 2. The predicted molar refractivity (Wildman–Crippen MR) is 115 cm³/mol. The van der Waals surface area contributed by atoms with Gasteiger partial charge in [0, 0.05) is 42.6 Å². The van der Waals surface area contributed by atoms with Crippen LogP contribution >= 0.6 is 11.6 Å². The molecule has 0 aliphatic carbocycles. The lowest BCUT2D eigenvalue weighted by molar-refractivity contribution is 0.223. The van der Waals surface area contributed by atoms with Gasteiger partial charge in [0.2, 0.25) is 0 Å². The Bertz CT molecular complexity index is 1020. The van der Waals surface area contributed by atoms with Gasteiger partial charge in [0.1, 0.15) is 11.6 Å². The highest BCUT2D eigenvalue weighted by Crippen LogP contribution is 2.35. The second kappa shape index (κ2) is 8.21. The van der Waals surface area contributed by atoms with Crippen molar-refractivity contribution in [2.75, 3.05) is 6.54 Å². The molecule has 150 valence electrons. The Morgan fingerprint density at radius 3 is 2.59 bits per heavy atom. The maximum Gasteiger partial charge on any atom is 0.141 e. The highest BCUT2D eigenvalue weighted by molar-refractivity contribution is 6.31. The molecule has 2 heterocycles. The van der Waals surface area contributed by atoms with Gasteiger partial charge >= 0.3 is 0 Å². The molecule has 5 heteroatoms. The van der Waals surface area contributed by atoms with Crippen molar-refractivity contribution in [2.24, 2.45) is 0 Å². The van der Waals surface area contributed by atoms with Gasteiger partial charge in [-0.25, -0.2) is 14.4 Å². The molecular weight excluding hydrogens is 385 g/mol. The standard InChI is InChI=1S/C24H25ClFN3/c1-15(2)24-27-22-16(3)12-29(13-17-7-5-4-6-8-17)14-19(22)23(28-24)18-9-10-21(26)20(25)11-18/h4-11,15-16H,12-14H2,1-3H3. The summed E-state index contributed by atoms with van der Waals surface area (Å²) in [5.41, 5.74) is 5.21. The molecule has 1 atom stereocenters. The second-order valence-corrected chi connectivity index (χ2v) is 8.54. The van der Waals surface area contributed by atoms with Crippen LogP contribution in [-0.2, 0) is 13.1 Å². The molecule has 0 N–H and O–H groups in total. The van der Waals surface area contributed by atoms with E-state index in [0.717, 1.165) is 48.0 Å². The summed E-state index contributed by atoms with van der Waals surface area (Å²) in [4.78, 5) is 12.2. The van der Waals surface area contributed by atoms with Crippen LogP contribution in [0.25, 0.3) is 11.3 Å². The second-order valence-electron chi connectivity index (χ2n) is 8.13. The molecule has 0 saturated carbocycles. The van der Waals surface area contributed by atoms with Crippen LogP contribution in [0.5, 0.6) is 0 Å². The Labute approximate surface area is 176 Å². The summed E-state index contributed by atoms with van der Waals surface area (Å²) in [6, 6.07) is 15.3. The third kappa shape index (κ3) is 4.19. The first-order valence-corrected chi connectivity index (χ1v) is 10.4. The molecule has 0 spiro atoms.